The summed E-state index contributed by atoms with van der Waals surface area (Å²) in [5, 5.41) is 7.19. The van der Waals surface area contributed by atoms with Crippen LogP contribution in [-0.4, -0.2) is 25.8 Å². The maximum absolute atomic E-state index is 11.9. The number of halogens is 1. The van der Waals surface area contributed by atoms with Crippen molar-refractivity contribution in [2.24, 2.45) is 5.10 Å². The SMILES string of the molecule is COc1ccc(COc2ccc(/C=N/NC(=O)CCCNc3ccc(Br)cc3)o2)cc1. The molecule has 0 saturated heterocycles. The number of nitrogens with one attached hydrogen (secondary N) is 2. The van der Waals surface area contributed by atoms with Crippen molar-refractivity contribution in [3.05, 3.63) is 76.5 Å². The van der Waals surface area contributed by atoms with Gasteiger partial charge in [-0.2, -0.15) is 5.10 Å². The lowest BCUT2D eigenvalue weighted by molar-refractivity contribution is -0.121. The molecule has 0 radical (unpaired) electrons. The fourth-order valence-corrected chi connectivity index (χ4v) is 2.90. The summed E-state index contributed by atoms with van der Waals surface area (Å²) in [5.74, 6) is 1.50. The van der Waals surface area contributed by atoms with Crippen molar-refractivity contribution >= 4 is 33.7 Å². The summed E-state index contributed by atoms with van der Waals surface area (Å²) in [6.07, 6.45) is 2.51. The zero-order chi connectivity index (χ0) is 21.9. The lowest BCUT2D eigenvalue weighted by Crippen LogP contribution is -2.18. The molecule has 162 valence electrons. The van der Waals surface area contributed by atoms with Crippen molar-refractivity contribution in [2.75, 3.05) is 19.0 Å². The molecule has 0 atom stereocenters. The van der Waals surface area contributed by atoms with Crippen molar-refractivity contribution < 1.29 is 18.7 Å². The number of ether oxygens (including phenoxy) is 2. The summed E-state index contributed by atoms with van der Waals surface area (Å²) in [6, 6.07) is 18.9. The van der Waals surface area contributed by atoms with Gasteiger partial charge in [0, 0.05) is 29.2 Å². The molecule has 0 fully saturated rings. The fourth-order valence-electron chi connectivity index (χ4n) is 2.63. The summed E-state index contributed by atoms with van der Waals surface area (Å²) in [7, 11) is 1.63. The van der Waals surface area contributed by atoms with Crippen LogP contribution in [0.3, 0.4) is 0 Å². The maximum Gasteiger partial charge on any atom is 0.285 e. The van der Waals surface area contributed by atoms with E-state index in [9.17, 15) is 4.79 Å². The molecule has 0 aliphatic rings. The van der Waals surface area contributed by atoms with Gasteiger partial charge in [-0.1, -0.05) is 28.1 Å². The number of anilines is 1. The first-order valence-electron chi connectivity index (χ1n) is 9.79. The standard InChI is InChI=1S/C23H24BrN3O4/c1-29-20-10-4-17(5-11-20)16-30-23-13-12-21(31-23)15-26-27-22(28)3-2-14-25-19-8-6-18(24)7-9-19/h4-13,15,25H,2-3,14,16H2,1H3,(H,27,28)/b26-15+. The Balaban J connectivity index is 1.33. The van der Waals surface area contributed by atoms with Crippen LogP contribution in [0.25, 0.3) is 0 Å². The molecule has 1 amide bonds. The van der Waals surface area contributed by atoms with E-state index in [4.69, 9.17) is 13.9 Å². The van der Waals surface area contributed by atoms with Gasteiger partial charge < -0.3 is 19.2 Å². The third-order valence-electron chi connectivity index (χ3n) is 4.28. The number of hydrazone groups is 1. The van der Waals surface area contributed by atoms with Crippen LogP contribution < -0.4 is 20.2 Å². The molecule has 1 aromatic heterocycles. The number of hydrogen-bond acceptors (Lipinski definition) is 6. The molecule has 0 spiro atoms. The first kappa shape index (κ1) is 22.4. The minimum Gasteiger partial charge on any atom is -0.497 e. The Morgan fingerprint density at radius 2 is 1.87 bits per heavy atom. The number of methoxy groups -OCH3 is 1. The molecule has 0 saturated carbocycles. The predicted octanol–water partition coefficient (Wildman–Crippen LogP) is 4.97. The quantitative estimate of drug-likeness (QED) is 0.227. The Hall–Kier alpha value is -3.26. The molecule has 31 heavy (non-hydrogen) atoms. The summed E-state index contributed by atoms with van der Waals surface area (Å²) in [5.41, 5.74) is 4.51. The van der Waals surface area contributed by atoms with Gasteiger partial charge in [0.1, 0.15) is 12.4 Å². The van der Waals surface area contributed by atoms with Crippen LogP contribution >= 0.6 is 15.9 Å². The third-order valence-corrected chi connectivity index (χ3v) is 4.81. The molecule has 3 aromatic rings. The van der Waals surface area contributed by atoms with Gasteiger partial charge >= 0.3 is 0 Å². The van der Waals surface area contributed by atoms with E-state index in [2.05, 4.69) is 31.8 Å². The first-order chi connectivity index (χ1) is 15.1. The van der Waals surface area contributed by atoms with Crippen molar-refractivity contribution in [1.82, 2.24) is 5.43 Å². The molecule has 1 heterocycles. The number of carbonyl (C=O) groups excluding carboxylic acids is 1. The number of furan rings is 1. The van der Waals surface area contributed by atoms with Gasteiger partial charge in [-0.25, -0.2) is 5.43 Å². The number of amides is 1. The highest BCUT2D eigenvalue weighted by Gasteiger charge is 2.03. The highest BCUT2D eigenvalue weighted by molar-refractivity contribution is 9.10. The molecule has 7 nitrogen and oxygen atoms in total. The highest BCUT2D eigenvalue weighted by atomic mass is 79.9. The number of hydrogen-bond donors (Lipinski definition) is 2. The molecule has 2 N–H and O–H groups in total. The van der Waals surface area contributed by atoms with Crippen molar-refractivity contribution in [3.8, 4) is 11.7 Å². The van der Waals surface area contributed by atoms with Gasteiger partial charge in [-0.05, 0) is 54.4 Å². The van der Waals surface area contributed by atoms with E-state index in [1.165, 1.54) is 6.21 Å². The van der Waals surface area contributed by atoms with Crippen molar-refractivity contribution in [2.45, 2.75) is 19.4 Å². The van der Waals surface area contributed by atoms with E-state index in [1.54, 1.807) is 19.2 Å². The third kappa shape index (κ3) is 7.82. The smallest absolute Gasteiger partial charge is 0.285 e. The van der Waals surface area contributed by atoms with E-state index >= 15 is 0 Å². The molecule has 3 rings (SSSR count). The zero-order valence-electron chi connectivity index (χ0n) is 17.1. The Labute approximate surface area is 189 Å². The second-order valence-electron chi connectivity index (χ2n) is 6.62. The fraction of sp³-hybridized carbons (Fsp3) is 0.217. The van der Waals surface area contributed by atoms with Crippen LogP contribution in [0.5, 0.6) is 11.7 Å². The molecule has 8 heteroatoms. The minimum absolute atomic E-state index is 0.156. The van der Waals surface area contributed by atoms with Gasteiger partial charge in [0.25, 0.3) is 5.95 Å². The van der Waals surface area contributed by atoms with E-state index < -0.39 is 0 Å². The molecule has 0 aliphatic heterocycles. The second kappa shape index (κ2) is 11.8. The summed E-state index contributed by atoms with van der Waals surface area (Å²) in [6.45, 7) is 1.07. The Morgan fingerprint density at radius 3 is 2.61 bits per heavy atom. The average Bonchev–Trinajstić information content (AvgIpc) is 3.24. The lowest BCUT2D eigenvalue weighted by Gasteiger charge is -2.05. The van der Waals surface area contributed by atoms with Crippen LogP contribution in [0.2, 0.25) is 0 Å². The molecular formula is C23H24BrN3O4. The van der Waals surface area contributed by atoms with E-state index in [-0.39, 0.29) is 5.91 Å². The number of nitrogens with zero attached hydrogens (tertiary/aromatic N) is 1. The number of rotatable bonds is 11. The van der Waals surface area contributed by atoms with Crippen LogP contribution in [0, 0.1) is 0 Å². The largest absolute Gasteiger partial charge is 0.497 e. The Morgan fingerprint density at radius 1 is 1.10 bits per heavy atom. The van der Waals surface area contributed by atoms with Gasteiger partial charge in [0.15, 0.2) is 5.76 Å². The van der Waals surface area contributed by atoms with Gasteiger partial charge in [0.2, 0.25) is 5.91 Å². The highest BCUT2D eigenvalue weighted by Crippen LogP contribution is 2.18. The van der Waals surface area contributed by atoms with Crippen LogP contribution in [0.15, 0.2) is 74.7 Å². The minimum atomic E-state index is -0.156. The number of carbonyl (C=O) groups is 1. The summed E-state index contributed by atoms with van der Waals surface area (Å²) >= 11 is 3.40. The van der Waals surface area contributed by atoms with Crippen LogP contribution in [0.4, 0.5) is 5.69 Å². The predicted molar refractivity (Wildman–Crippen MR) is 124 cm³/mol. The van der Waals surface area contributed by atoms with Crippen LogP contribution in [-0.2, 0) is 11.4 Å². The first-order valence-corrected chi connectivity index (χ1v) is 10.6. The van der Waals surface area contributed by atoms with Crippen molar-refractivity contribution in [3.63, 3.8) is 0 Å². The maximum atomic E-state index is 11.9. The second-order valence-corrected chi connectivity index (χ2v) is 7.54. The van der Waals surface area contributed by atoms with E-state index in [0.717, 1.165) is 21.5 Å². The van der Waals surface area contributed by atoms with E-state index in [1.807, 2.05) is 48.5 Å². The molecule has 0 aliphatic carbocycles. The number of benzene rings is 2. The zero-order valence-corrected chi connectivity index (χ0v) is 18.7. The molecular weight excluding hydrogens is 462 g/mol. The Bertz CT molecular complexity index is 985. The monoisotopic (exact) mass is 485 g/mol. The lowest BCUT2D eigenvalue weighted by atomic mass is 10.2. The average molecular weight is 486 g/mol. The van der Waals surface area contributed by atoms with Crippen LogP contribution in [0.1, 0.15) is 24.2 Å². The van der Waals surface area contributed by atoms with Crippen molar-refractivity contribution in [1.29, 1.82) is 0 Å². The summed E-state index contributed by atoms with van der Waals surface area (Å²) < 4.78 is 17.3. The molecule has 0 bridgehead atoms. The molecule has 0 unspecified atom stereocenters. The molecule has 2 aromatic carbocycles. The van der Waals surface area contributed by atoms with Gasteiger partial charge in [-0.15, -0.1) is 0 Å². The Kier molecular flexibility index (Phi) is 8.54. The topological polar surface area (TPSA) is 85.1 Å². The summed E-state index contributed by atoms with van der Waals surface area (Å²) in [4.78, 5) is 11.9. The normalized spacial score (nSPS) is 10.8. The van der Waals surface area contributed by atoms with Gasteiger partial charge in [-0.3, -0.25) is 4.79 Å². The van der Waals surface area contributed by atoms with E-state index in [0.29, 0.717) is 37.7 Å². The van der Waals surface area contributed by atoms with Gasteiger partial charge in [0.05, 0.1) is 13.3 Å².